The highest BCUT2D eigenvalue weighted by molar-refractivity contribution is 6.05. The van der Waals surface area contributed by atoms with Crippen LogP contribution in [0.5, 0.6) is 0 Å². The predicted octanol–water partition coefficient (Wildman–Crippen LogP) is 3.24. The number of nitrogens with one attached hydrogen (secondary N) is 2. The van der Waals surface area contributed by atoms with Crippen LogP contribution in [0.25, 0.3) is 0 Å². The second-order valence-electron chi connectivity index (χ2n) is 4.95. The summed E-state index contributed by atoms with van der Waals surface area (Å²) in [5.41, 5.74) is 2.08. The van der Waals surface area contributed by atoms with Crippen LogP contribution in [0.2, 0.25) is 0 Å². The quantitative estimate of drug-likeness (QED) is 0.756. The van der Waals surface area contributed by atoms with Crippen LogP contribution in [-0.4, -0.2) is 16.0 Å². The van der Waals surface area contributed by atoms with E-state index >= 15 is 0 Å². The molecule has 0 radical (unpaired) electrons. The molecule has 0 saturated carbocycles. The van der Waals surface area contributed by atoms with Gasteiger partial charge in [-0.15, -0.1) is 0 Å². The van der Waals surface area contributed by atoms with Crippen molar-refractivity contribution in [1.29, 1.82) is 0 Å². The van der Waals surface area contributed by atoms with Crippen LogP contribution >= 0.6 is 0 Å². The molecule has 6 nitrogen and oxygen atoms in total. The van der Waals surface area contributed by atoms with E-state index in [1.54, 1.807) is 19.1 Å². The molecule has 0 spiro atoms. The Balaban J connectivity index is 1.71. The minimum atomic E-state index is -0.159. The van der Waals surface area contributed by atoms with E-state index in [0.717, 1.165) is 5.69 Å². The Morgan fingerprint density at radius 3 is 2.43 bits per heavy atom. The van der Waals surface area contributed by atoms with Gasteiger partial charge in [0.15, 0.2) is 5.82 Å². The number of para-hydroxylation sites is 2. The number of carbonyl (C=O) groups excluding carboxylic acids is 1. The number of amides is 1. The lowest BCUT2D eigenvalue weighted by Crippen LogP contribution is -2.13. The van der Waals surface area contributed by atoms with Crippen LogP contribution in [0.3, 0.4) is 0 Å². The van der Waals surface area contributed by atoms with Crippen molar-refractivity contribution in [3.8, 4) is 0 Å². The Labute approximate surface area is 133 Å². The van der Waals surface area contributed by atoms with Gasteiger partial charge >= 0.3 is 0 Å². The van der Waals surface area contributed by atoms with Crippen molar-refractivity contribution in [2.45, 2.75) is 13.5 Å². The van der Waals surface area contributed by atoms with E-state index in [1.807, 2.05) is 42.5 Å². The van der Waals surface area contributed by atoms with Crippen molar-refractivity contribution in [2.24, 2.45) is 0 Å². The lowest BCUT2D eigenvalue weighted by atomic mass is 10.2. The molecular formula is C17H16N4O2. The fourth-order valence-corrected chi connectivity index (χ4v) is 2.11. The Kier molecular flexibility index (Phi) is 4.33. The van der Waals surface area contributed by atoms with Crippen LogP contribution < -0.4 is 10.6 Å². The predicted molar refractivity (Wildman–Crippen MR) is 87.2 cm³/mol. The van der Waals surface area contributed by atoms with Gasteiger partial charge in [-0.3, -0.25) is 4.79 Å². The van der Waals surface area contributed by atoms with Crippen molar-refractivity contribution >= 4 is 17.3 Å². The van der Waals surface area contributed by atoms with Gasteiger partial charge in [0.1, 0.15) is 0 Å². The van der Waals surface area contributed by atoms with Gasteiger partial charge in [0, 0.05) is 5.56 Å². The van der Waals surface area contributed by atoms with Crippen LogP contribution in [-0.2, 0) is 6.54 Å². The summed E-state index contributed by atoms with van der Waals surface area (Å²) in [5.74, 6) is 0.924. The molecule has 0 atom stereocenters. The molecule has 1 aromatic heterocycles. The minimum absolute atomic E-state index is 0.159. The maximum atomic E-state index is 12.3. The van der Waals surface area contributed by atoms with Crippen LogP contribution in [0.15, 0.2) is 59.1 Å². The first kappa shape index (κ1) is 14.8. The zero-order chi connectivity index (χ0) is 16.1. The largest absolute Gasteiger partial charge is 0.374 e. The molecular weight excluding hydrogens is 292 g/mol. The molecule has 0 saturated heterocycles. The van der Waals surface area contributed by atoms with E-state index in [9.17, 15) is 4.79 Å². The molecule has 0 aliphatic heterocycles. The molecule has 3 aromatic rings. The van der Waals surface area contributed by atoms with E-state index in [2.05, 4.69) is 20.8 Å². The van der Waals surface area contributed by atoms with Crippen molar-refractivity contribution in [3.63, 3.8) is 0 Å². The fourth-order valence-electron chi connectivity index (χ4n) is 2.11. The number of hydrogen-bond donors (Lipinski definition) is 2. The van der Waals surface area contributed by atoms with Crippen LogP contribution in [0.1, 0.15) is 22.1 Å². The van der Waals surface area contributed by atoms with Gasteiger partial charge in [-0.1, -0.05) is 35.5 Å². The fraction of sp³-hybridized carbons (Fsp3) is 0.118. The van der Waals surface area contributed by atoms with Gasteiger partial charge in [0.05, 0.1) is 17.9 Å². The molecule has 0 bridgehead atoms. The third kappa shape index (κ3) is 3.74. The topological polar surface area (TPSA) is 80.0 Å². The summed E-state index contributed by atoms with van der Waals surface area (Å²) >= 11 is 0. The zero-order valence-electron chi connectivity index (χ0n) is 12.6. The first-order valence-electron chi connectivity index (χ1n) is 7.21. The molecule has 2 aromatic carbocycles. The Morgan fingerprint density at radius 1 is 1.04 bits per heavy atom. The van der Waals surface area contributed by atoms with E-state index in [4.69, 9.17) is 4.52 Å². The highest BCUT2D eigenvalue weighted by Crippen LogP contribution is 2.22. The van der Waals surface area contributed by atoms with Gasteiger partial charge in [0.2, 0.25) is 5.89 Å². The molecule has 0 unspecified atom stereocenters. The standard InChI is InChI=1S/C17H16N4O2/c1-12-19-16(23-21-12)11-18-14-9-5-6-10-15(14)20-17(22)13-7-3-2-4-8-13/h2-10,18H,11H2,1H3,(H,20,22). The third-order valence-electron chi connectivity index (χ3n) is 3.21. The van der Waals surface area contributed by atoms with Gasteiger partial charge in [-0.25, -0.2) is 0 Å². The molecule has 116 valence electrons. The van der Waals surface area contributed by atoms with E-state index in [1.165, 1.54) is 0 Å². The molecule has 2 N–H and O–H groups in total. The van der Waals surface area contributed by atoms with E-state index in [0.29, 0.717) is 29.5 Å². The number of benzene rings is 2. The third-order valence-corrected chi connectivity index (χ3v) is 3.21. The Morgan fingerprint density at radius 2 is 1.74 bits per heavy atom. The monoisotopic (exact) mass is 308 g/mol. The summed E-state index contributed by atoms with van der Waals surface area (Å²) in [6, 6.07) is 16.5. The number of anilines is 2. The summed E-state index contributed by atoms with van der Waals surface area (Å²) in [4.78, 5) is 16.4. The molecule has 1 heterocycles. The van der Waals surface area contributed by atoms with E-state index < -0.39 is 0 Å². The molecule has 1 amide bonds. The average molecular weight is 308 g/mol. The summed E-state index contributed by atoms with van der Waals surface area (Å²) in [6.07, 6.45) is 0. The first-order chi connectivity index (χ1) is 11.2. The summed E-state index contributed by atoms with van der Waals surface area (Å²) in [7, 11) is 0. The van der Waals surface area contributed by atoms with Gasteiger partial charge in [0.25, 0.3) is 5.91 Å². The van der Waals surface area contributed by atoms with Crippen molar-refractivity contribution in [2.75, 3.05) is 10.6 Å². The first-order valence-corrected chi connectivity index (χ1v) is 7.21. The highest BCUT2D eigenvalue weighted by atomic mass is 16.5. The number of aromatic nitrogens is 2. The number of nitrogens with zero attached hydrogens (tertiary/aromatic N) is 2. The molecule has 0 aliphatic carbocycles. The number of hydrogen-bond acceptors (Lipinski definition) is 5. The molecule has 0 aliphatic rings. The zero-order valence-corrected chi connectivity index (χ0v) is 12.6. The van der Waals surface area contributed by atoms with Crippen LogP contribution in [0, 0.1) is 6.92 Å². The Hall–Kier alpha value is -3.15. The van der Waals surface area contributed by atoms with Crippen molar-refractivity contribution in [3.05, 3.63) is 71.9 Å². The SMILES string of the molecule is Cc1noc(CNc2ccccc2NC(=O)c2ccccc2)n1. The molecule has 3 rings (SSSR count). The smallest absolute Gasteiger partial charge is 0.255 e. The lowest BCUT2D eigenvalue weighted by Gasteiger charge is -2.12. The summed E-state index contributed by atoms with van der Waals surface area (Å²) in [6.45, 7) is 2.15. The summed E-state index contributed by atoms with van der Waals surface area (Å²) < 4.78 is 5.07. The van der Waals surface area contributed by atoms with Gasteiger partial charge in [-0.2, -0.15) is 4.98 Å². The summed E-state index contributed by atoms with van der Waals surface area (Å²) in [5, 5.41) is 9.83. The second kappa shape index (κ2) is 6.74. The Bertz CT molecular complexity index is 799. The molecule has 0 fully saturated rings. The normalized spacial score (nSPS) is 10.3. The van der Waals surface area contributed by atoms with Crippen LogP contribution in [0.4, 0.5) is 11.4 Å². The number of aryl methyl sites for hydroxylation is 1. The van der Waals surface area contributed by atoms with Gasteiger partial charge < -0.3 is 15.2 Å². The maximum absolute atomic E-state index is 12.3. The second-order valence-corrected chi connectivity index (χ2v) is 4.95. The minimum Gasteiger partial charge on any atom is -0.374 e. The highest BCUT2D eigenvalue weighted by Gasteiger charge is 2.09. The van der Waals surface area contributed by atoms with Crippen molar-refractivity contribution in [1.82, 2.24) is 10.1 Å². The molecule has 23 heavy (non-hydrogen) atoms. The maximum Gasteiger partial charge on any atom is 0.255 e. The van der Waals surface area contributed by atoms with Crippen molar-refractivity contribution < 1.29 is 9.32 Å². The molecule has 6 heteroatoms. The number of rotatable bonds is 5. The van der Waals surface area contributed by atoms with Gasteiger partial charge in [-0.05, 0) is 31.2 Å². The van der Waals surface area contributed by atoms with E-state index in [-0.39, 0.29) is 5.91 Å². The lowest BCUT2D eigenvalue weighted by molar-refractivity contribution is 0.102. The average Bonchev–Trinajstić information content (AvgIpc) is 3.00. The number of carbonyl (C=O) groups is 1.